The number of piperazine rings is 1. The van der Waals surface area contributed by atoms with Crippen molar-refractivity contribution >= 4 is 46.6 Å². The summed E-state index contributed by atoms with van der Waals surface area (Å²) in [4.78, 5) is 18.0. The van der Waals surface area contributed by atoms with E-state index in [1.807, 2.05) is 60.4 Å². The second-order valence-electron chi connectivity index (χ2n) is 5.98. The Morgan fingerprint density at radius 3 is 2.28 bits per heavy atom. The van der Waals surface area contributed by atoms with Crippen LogP contribution in [0.1, 0.15) is 6.92 Å². The third-order valence-corrected chi connectivity index (χ3v) is 5.93. The van der Waals surface area contributed by atoms with Crippen LogP contribution in [0.15, 0.2) is 53.4 Å². The highest BCUT2D eigenvalue weighted by Gasteiger charge is 2.26. The molecule has 0 aromatic heterocycles. The summed E-state index contributed by atoms with van der Waals surface area (Å²) in [5.41, 5.74) is 1.04. The maximum Gasteiger partial charge on any atom is 0.235 e. The first-order valence-electron chi connectivity index (χ1n) is 8.25. The molecule has 0 aliphatic carbocycles. The lowest BCUT2D eigenvalue weighted by Gasteiger charge is -2.37. The number of hydrogen-bond acceptors (Lipinski definition) is 3. The molecule has 1 aliphatic heterocycles. The Morgan fingerprint density at radius 2 is 1.64 bits per heavy atom. The molecule has 2 aromatic carbocycles. The zero-order chi connectivity index (χ0) is 17.8. The Balaban J connectivity index is 1.56. The summed E-state index contributed by atoms with van der Waals surface area (Å²) in [6.45, 7) is 4.99. The minimum atomic E-state index is -0.118. The molecule has 0 spiro atoms. The summed E-state index contributed by atoms with van der Waals surface area (Å²) in [5.74, 6) is 0.179. The van der Waals surface area contributed by atoms with E-state index in [1.165, 1.54) is 0 Å². The molecule has 1 unspecified atom stereocenters. The number of halogens is 2. The van der Waals surface area contributed by atoms with Gasteiger partial charge in [0.25, 0.3) is 0 Å². The normalized spacial score (nSPS) is 16.0. The highest BCUT2D eigenvalue weighted by Crippen LogP contribution is 2.28. The van der Waals surface area contributed by atoms with E-state index in [1.54, 1.807) is 11.8 Å². The van der Waals surface area contributed by atoms with Gasteiger partial charge in [0.15, 0.2) is 0 Å². The molecule has 1 heterocycles. The first kappa shape index (κ1) is 18.4. The fourth-order valence-corrected chi connectivity index (χ4v) is 4.23. The molecule has 6 heteroatoms. The van der Waals surface area contributed by atoms with Gasteiger partial charge in [-0.3, -0.25) is 4.79 Å². The van der Waals surface area contributed by atoms with Crippen molar-refractivity contribution < 1.29 is 4.79 Å². The average molecular weight is 395 g/mol. The number of amides is 1. The Labute approximate surface area is 162 Å². The van der Waals surface area contributed by atoms with Gasteiger partial charge in [-0.15, -0.1) is 11.8 Å². The Bertz CT molecular complexity index is 730. The highest BCUT2D eigenvalue weighted by molar-refractivity contribution is 8.00. The molecule has 25 heavy (non-hydrogen) atoms. The van der Waals surface area contributed by atoms with Crippen LogP contribution < -0.4 is 4.90 Å². The van der Waals surface area contributed by atoms with Gasteiger partial charge in [-0.25, -0.2) is 0 Å². The van der Waals surface area contributed by atoms with Gasteiger partial charge >= 0.3 is 0 Å². The van der Waals surface area contributed by atoms with Crippen LogP contribution in [0.3, 0.4) is 0 Å². The van der Waals surface area contributed by atoms with Crippen LogP contribution in [-0.4, -0.2) is 42.2 Å². The van der Waals surface area contributed by atoms with Crippen molar-refractivity contribution in [3.05, 3.63) is 58.6 Å². The van der Waals surface area contributed by atoms with Crippen molar-refractivity contribution in [1.29, 1.82) is 0 Å². The number of benzene rings is 2. The largest absolute Gasteiger partial charge is 0.367 e. The molecule has 0 N–H and O–H groups in total. The summed E-state index contributed by atoms with van der Waals surface area (Å²) in [7, 11) is 0. The molecule has 1 aliphatic rings. The number of carbonyl (C=O) groups excluding carboxylic acids is 1. The maximum atomic E-state index is 12.7. The standard InChI is InChI=1S/C19H20Cl2N2OS/c1-14(25-16-8-6-15(20)7-9-16)19(24)23-12-10-22(11-13-23)18-5-3-2-4-17(18)21/h2-9,14H,10-13H2,1H3. The molecule has 0 saturated carbocycles. The van der Waals surface area contributed by atoms with Crippen molar-refractivity contribution in [1.82, 2.24) is 4.90 Å². The highest BCUT2D eigenvalue weighted by atomic mass is 35.5. The molecule has 1 atom stereocenters. The van der Waals surface area contributed by atoms with Gasteiger partial charge in [0.1, 0.15) is 0 Å². The van der Waals surface area contributed by atoms with Crippen LogP contribution in [0.25, 0.3) is 0 Å². The van der Waals surface area contributed by atoms with Crippen LogP contribution in [0, 0.1) is 0 Å². The molecule has 1 amide bonds. The van der Waals surface area contributed by atoms with Crippen molar-refractivity contribution in [3.8, 4) is 0 Å². The first-order valence-corrected chi connectivity index (χ1v) is 9.88. The smallest absolute Gasteiger partial charge is 0.235 e. The van der Waals surface area contributed by atoms with Gasteiger partial charge in [-0.2, -0.15) is 0 Å². The second-order valence-corrected chi connectivity index (χ2v) is 8.24. The number of rotatable bonds is 4. The number of hydrogen-bond donors (Lipinski definition) is 0. The third-order valence-electron chi connectivity index (χ3n) is 4.26. The van der Waals surface area contributed by atoms with Crippen LogP contribution in [-0.2, 0) is 4.79 Å². The van der Waals surface area contributed by atoms with E-state index < -0.39 is 0 Å². The monoisotopic (exact) mass is 394 g/mol. The van der Waals surface area contributed by atoms with Crippen LogP contribution in [0.5, 0.6) is 0 Å². The molecule has 3 nitrogen and oxygen atoms in total. The molecular formula is C19H20Cl2N2OS. The topological polar surface area (TPSA) is 23.6 Å². The van der Waals surface area contributed by atoms with Crippen molar-refractivity contribution in [3.63, 3.8) is 0 Å². The van der Waals surface area contributed by atoms with E-state index in [-0.39, 0.29) is 11.2 Å². The lowest BCUT2D eigenvalue weighted by atomic mass is 10.2. The number of nitrogens with zero attached hydrogens (tertiary/aromatic N) is 2. The van der Waals surface area contributed by atoms with E-state index >= 15 is 0 Å². The third kappa shape index (κ3) is 4.63. The molecule has 132 valence electrons. The van der Waals surface area contributed by atoms with E-state index in [2.05, 4.69) is 4.90 Å². The molecule has 1 fully saturated rings. The number of thioether (sulfide) groups is 1. The fourth-order valence-electron chi connectivity index (χ4n) is 2.90. The number of carbonyl (C=O) groups is 1. The minimum Gasteiger partial charge on any atom is -0.367 e. The quantitative estimate of drug-likeness (QED) is 0.694. The molecule has 0 radical (unpaired) electrons. The maximum absolute atomic E-state index is 12.7. The van der Waals surface area contributed by atoms with Crippen molar-refractivity contribution in [2.45, 2.75) is 17.1 Å². The van der Waals surface area contributed by atoms with Gasteiger partial charge in [0.05, 0.1) is 16.0 Å². The van der Waals surface area contributed by atoms with Gasteiger partial charge in [-0.1, -0.05) is 35.3 Å². The number of anilines is 1. The SMILES string of the molecule is CC(Sc1ccc(Cl)cc1)C(=O)N1CCN(c2ccccc2Cl)CC1. The van der Waals surface area contributed by atoms with E-state index in [0.29, 0.717) is 5.02 Å². The summed E-state index contributed by atoms with van der Waals surface area (Å²) in [5, 5.41) is 1.35. The minimum absolute atomic E-state index is 0.118. The van der Waals surface area contributed by atoms with Crippen LogP contribution in [0.4, 0.5) is 5.69 Å². The Kier molecular flexibility index (Phi) is 6.15. The van der Waals surface area contributed by atoms with E-state index in [4.69, 9.17) is 23.2 Å². The van der Waals surface area contributed by atoms with Crippen molar-refractivity contribution in [2.75, 3.05) is 31.1 Å². The lowest BCUT2D eigenvalue weighted by Crippen LogP contribution is -2.50. The summed E-state index contributed by atoms with van der Waals surface area (Å²) < 4.78 is 0. The van der Waals surface area contributed by atoms with Gasteiger partial charge in [-0.05, 0) is 43.3 Å². The summed E-state index contributed by atoms with van der Waals surface area (Å²) in [6.07, 6.45) is 0. The van der Waals surface area contributed by atoms with Gasteiger partial charge in [0.2, 0.25) is 5.91 Å². The predicted octanol–water partition coefficient (Wildman–Crippen LogP) is 4.82. The molecular weight excluding hydrogens is 375 g/mol. The Morgan fingerprint density at radius 1 is 1.00 bits per heavy atom. The molecule has 2 aromatic rings. The van der Waals surface area contributed by atoms with Crippen molar-refractivity contribution in [2.24, 2.45) is 0 Å². The fraction of sp³-hybridized carbons (Fsp3) is 0.316. The average Bonchev–Trinajstić information content (AvgIpc) is 2.63. The summed E-state index contributed by atoms with van der Waals surface area (Å²) >= 11 is 13.8. The predicted molar refractivity (Wildman–Crippen MR) is 107 cm³/mol. The second kappa shape index (κ2) is 8.35. The van der Waals surface area contributed by atoms with Gasteiger partial charge in [0, 0.05) is 36.1 Å². The molecule has 3 rings (SSSR count). The first-order chi connectivity index (χ1) is 12.0. The van der Waals surface area contributed by atoms with E-state index in [0.717, 1.165) is 41.8 Å². The molecule has 1 saturated heterocycles. The zero-order valence-corrected chi connectivity index (χ0v) is 16.3. The molecule has 0 bridgehead atoms. The van der Waals surface area contributed by atoms with E-state index in [9.17, 15) is 4.79 Å². The lowest BCUT2D eigenvalue weighted by molar-refractivity contribution is -0.130. The zero-order valence-electron chi connectivity index (χ0n) is 14.0. The van der Waals surface area contributed by atoms with Crippen LogP contribution in [0.2, 0.25) is 10.0 Å². The van der Waals surface area contributed by atoms with Gasteiger partial charge < -0.3 is 9.80 Å². The number of para-hydroxylation sites is 1. The summed E-state index contributed by atoms with van der Waals surface area (Å²) in [6, 6.07) is 15.5. The van der Waals surface area contributed by atoms with Crippen LogP contribution >= 0.6 is 35.0 Å². The Hall–Kier alpha value is -1.36.